The van der Waals surface area contributed by atoms with Crippen molar-refractivity contribution in [1.82, 2.24) is 10.4 Å². The van der Waals surface area contributed by atoms with E-state index in [4.69, 9.17) is 0 Å². The molecule has 0 radical (unpaired) electrons. The minimum absolute atomic E-state index is 0.0910. The second kappa shape index (κ2) is 6.62. The van der Waals surface area contributed by atoms with Crippen LogP contribution in [0, 0.1) is 0 Å². The molecule has 0 saturated heterocycles. The zero-order chi connectivity index (χ0) is 14.5. The predicted octanol–water partition coefficient (Wildman–Crippen LogP) is 3.08. The number of carbonyl (C=O) groups excluding carboxylic acids is 1. The molecule has 1 aromatic carbocycles. The molecule has 1 amide bonds. The molecule has 0 aliphatic heterocycles. The van der Waals surface area contributed by atoms with Crippen LogP contribution in [-0.4, -0.2) is 22.2 Å². The maximum atomic E-state index is 11.7. The Morgan fingerprint density at radius 2 is 2.15 bits per heavy atom. The number of hydrogen-bond acceptors (Lipinski definition) is 4. The first-order chi connectivity index (χ1) is 9.58. The maximum Gasteiger partial charge on any atom is 0.272 e. The van der Waals surface area contributed by atoms with Crippen molar-refractivity contribution in [3.8, 4) is 5.75 Å². The first kappa shape index (κ1) is 14.7. The Labute approximate surface area is 132 Å². The van der Waals surface area contributed by atoms with Crippen molar-refractivity contribution in [1.29, 1.82) is 0 Å². The topological polar surface area (TPSA) is 74.6 Å². The Kier molecular flexibility index (Phi) is 4.86. The molecule has 0 aliphatic carbocycles. The average Bonchev–Trinajstić information content (AvgIpc) is 2.45. The van der Waals surface area contributed by atoms with E-state index in [9.17, 15) is 9.90 Å². The summed E-state index contributed by atoms with van der Waals surface area (Å²) in [5.74, 6) is -0.264. The lowest BCUT2D eigenvalue weighted by molar-refractivity contribution is 0.0955. The van der Waals surface area contributed by atoms with E-state index >= 15 is 0 Å². The number of nitrogens with one attached hydrogen (secondary N) is 1. The van der Waals surface area contributed by atoms with Crippen molar-refractivity contribution >= 4 is 44.0 Å². The molecule has 20 heavy (non-hydrogen) atoms. The summed E-state index contributed by atoms with van der Waals surface area (Å²) in [4.78, 5) is 15.6. The molecule has 0 saturated carbocycles. The third-order valence-corrected chi connectivity index (χ3v) is 3.68. The third kappa shape index (κ3) is 3.64. The molecule has 2 rings (SSSR count). The van der Waals surface area contributed by atoms with Gasteiger partial charge >= 0.3 is 0 Å². The number of aromatic hydroxyl groups is 1. The van der Waals surface area contributed by atoms with Crippen molar-refractivity contribution in [3.63, 3.8) is 0 Å². The number of rotatable bonds is 3. The predicted molar refractivity (Wildman–Crippen MR) is 82.8 cm³/mol. The molecule has 7 heteroatoms. The van der Waals surface area contributed by atoms with Gasteiger partial charge in [-0.15, -0.1) is 0 Å². The van der Waals surface area contributed by atoms with Crippen molar-refractivity contribution in [3.05, 3.63) is 56.7 Å². The summed E-state index contributed by atoms with van der Waals surface area (Å²) in [6.45, 7) is 0. The summed E-state index contributed by atoms with van der Waals surface area (Å²) in [5.41, 5.74) is 3.44. The highest BCUT2D eigenvalue weighted by Crippen LogP contribution is 2.29. The van der Waals surface area contributed by atoms with Gasteiger partial charge in [-0.1, -0.05) is 15.9 Å². The molecule has 0 atom stereocenters. The molecule has 0 unspecified atom stereocenters. The van der Waals surface area contributed by atoms with Crippen LogP contribution in [0.3, 0.4) is 0 Å². The van der Waals surface area contributed by atoms with Gasteiger partial charge in [-0.2, -0.15) is 5.10 Å². The molecule has 1 aromatic heterocycles. The molecular weight excluding hydrogens is 390 g/mol. The van der Waals surface area contributed by atoms with Crippen LogP contribution in [0.25, 0.3) is 0 Å². The van der Waals surface area contributed by atoms with Gasteiger partial charge in [-0.05, 0) is 40.2 Å². The van der Waals surface area contributed by atoms with Gasteiger partial charge in [0.25, 0.3) is 5.91 Å². The van der Waals surface area contributed by atoms with Crippen molar-refractivity contribution in [2.75, 3.05) is 0 Å². The summed E-state index contributed by atoms with van der Waals surface area (Å²) in [6, 6.07) is 6.52. The quantitative estimate of drug-likeness (QED) is 0.616. The van der Waals surface area contributed by atoms with Gasteiger partial charge in [0.1, 0.15) is 5.75 Å². The van der Waals surface area contributed by atoms with E-state index < -0.39 is 0 Å². The zero-order valence-corrected chi connectivity index (χ0v) is 13.2. The van der Waals surface area contributed by atoms with Crippen LogP contribution < -0.4 is 5.43 Å². The lowest BCUT2D eigenvalue weighted by atomic mass is 10.2. The molecule has 102 valence electrons. The number of phenolic OH excluding ortho intramolecular Hbond substituents is 1. The number of carbonyl (C=O) groups is 1. The fourth-order valence-corrected chi connectivity index (χ4v) is 2.47. The number of aromatic nitrogens is 1. The number of nitrogens with zero attached hydrogens (tertiary/aromatic N) is 2. The first-order valence-corrected chi connectivity index (χ1v) is 7.08. The van der Waals surface area contributed by atoms with Crippen molar-refractivity contribution in [2.24, 2.45) is 5.10 Å². The van der Waals surface area contributed by atoms with E-state index in [1.807, 2.05) is 0 Å². The van der Waals surface area contributed by atoms with Crippen LogP contribution >= 0.6 is 31.9 Å². The summed E-state index contributed by atoms with van der Waals surface area (Å²) in [5, 5.41) is 13.4. The van der Waals surface area contributed by atoms with E-state index in [0.29, 0.717) is 15.6 Å². The first-order valence-electron chi connectivity index (χ1n) is 5.49. The molecule has 2 aromatic rings. The normalized spacial score (nSPS) is 10.7. The molecule has 0 spiro atoms. The van der Waals surface area contributed by atoms with Gasteiger partial charge in [0, 0.05) is 22.4 Å². The van der Waals surface area contributed by atoms with E-state index in [1.54, 1.807) is 24.4 Å². The number of hydrazone groups is 1. The number of benzene rings is 1. The fraction of sp³-hybridized carbons (Fsp3) is 0. The lowest BCUT2D eigenvalue weighted by Crippen LogP contribution is -2.17. The smallest absolute Gasteiger partial charge is 0.272 e. The Morgan fingerprint density at radius 1 is 1.35 bits per heavy atom. The van der Waals surface area contributed by atoms with Crippen LogP contribution in [0.1, 0.15) is 15.9 Å². The van der Waals surface area contributed by atoms with Gasteiger partial charge in [-0.3, -0.25) is 9.78 Å². The second-order valence-electron chi connectivity index (χ2n) is 3.77. The Balaban J connectivity index is 2.08. The van der Waals surface area contributed by atoms with Crippen molar-refractivity contribution < 1.29 is 9.90 Å². The number of hydrogen-bond donors (Lipinski definition) is 2. The highest BCUT2D eigenvalue weighted by Gasteiger charge is 2.05. The number of phenols is 1. The van der Waals surface area contributed by atoms with E-state index in [-0.39, 0.29) is 11.7 Å². The molecule has 2 N–H and O–H groups in total. The Morgan fingerprint density at radius 3 is 2.85 bits per heavy atom. The minimum Gasteiger partial charge on any atom is -0.507 e. The number of pyridine rings is 1. The summed E-state index contributed by atoms with van der Waals surface area (Å²) in [7, 11) is 0. The molecule has 0 aliphatic rings. The number of amides is 1. The van der Waals surface area contributed by atoms with Crippen LogP contribution in [-0.2, 0) is 0 Å². The van der Waals surface area contributed by atoms with Gasteiger partial charge in [0.05, 0.1) is 16.3 Å². The fourth-order valence-electron chi connectivity index (χ4n) is 1.37. The largest absolute Gasteiger partial charge is 0.507 e. The molecule has 1 heterocycles. The monoisotopic (exact) mass is 397 g/mol. The highest BCUT2D eigenvalue weighted by molar-refractivity contribution is 9.11. The van der Waals surface area contributed by atoms with Crippen LogP contribution in [0.5, 0.6) is 5.75 Å². The average molecular weight is 399 g/mol. The molecule has 0 fully saturated rings. The maximum absolute atomic E-state index is 11.7. The summed E-state index contributed by atoms with van der Waals surface area (Å²) < 4.78 is 1.31. The van der Waals surface area contributed by atoms with Crippen molar-refractivity contribution in [2.45, 2.75) is 0 Å². The Bertz CT molecular complexity index is 660. The standard InChI is InChI=1S/C13H9Br2N3O2/c14-10-5-11(15)12(19)4-9(10)7-17-18-13(20)8-2-1-3-16-6-8/h1-7,19H,(H,18,20)/b17-7-. The third-order valence-electron chi connectivity index (χ3n) is 2.36. The van der Waals surface area contributed by atoms with Gasteiger partial charge < -0.3 is 5.11 Å². The molecule has 5 nitrogen and oxygen atoms in total. The van der Waals surface area contributed by atoms with Crippen LogP contribution in [0.15, 0.2) is 50.7 Å². The lowest BCUT2D eigenvalue weighted by Gasteiger charge is -2.02. The number of halogens is 2. The van der Waals surface area contributed by atoms with Gasteiger partial charge in [-0.25, -0.2) is 5.43 Å². The summed E-state index contributed by atoms with van der Waals surface area (Å²) >= 11 is 6.54. The zero-order valence-electron chi connectivity index (χ0n) is 10.0. The Hall–Kier alpha value is -1.73. The molecular formula is C13H9Br2N3O2. The van der Waals surface area contributed by atoms with Gasteiger partial charge in [0.2, 0.25) is 0 Å². The summed E-state index contributed by atoms with van der Waals surface area (Å²) in [6.07, 6.45) is 4.47. The second-order valence-corrected chi connectivity index (χ2v) is 5.47. The van der Waals surface area contributed by atoms with E-state index in [1.165, 1.54) is 18.5 Å². The molecule has 0 bridgehead atoms. The highest BCUT2D eigenvalue weighted by atomic mass is 79.9. The van der Waals surface area contributed by atoms with Gasteiger partial charge in [0.15, 0.2) is 0 Å². The minimum atomic E-state index is -0.355. The van der Waals surface area contributed by atoms with Crippen LogP contribution in [0.2, 0.25) is 0 Å². The SMILES string of the molecule is O=C(N/N=C\c1cc(O)c(Br)cc1Br)c1cccnc1. The van der Waals surface area contributed by atoms with E-state index in [2.05, 4.69) is 47.4 Å². The van der Waals surface area contributed by atoms with E-state index in [0.717, 1.165) is 4.47 Å². The van der Waals surface area contributed by atoms with Crippen LogP contribution in [0.4, 0.5) is 0 Å².